The molecule has 140 valence electrons. The van der Waals surface area contributed by atoms with E-state index in [2.05, 4.69) is 20.3 Å². The van der Waals surface area contributed by atoms with Gasteiger partial charge in [0.25, 0.3) is 5.96 Å². The summed E-state index contributed by atoms with van der Waals surface area (Å²) in [7, 11) is 0. The van der Waals surface area contributed by atoms with Crippen LogP contribution in [-0.4, -0.2) is 15.9 Å². The van der Waals surface area contributed by atoms with Crippen LogP contribution in [0.4, 0.5) is 38.0 Å². The van der Waals surface area contributed by atoms with E-state index in [-0.39, 0.29) is 12.0 Å². The van der Waals surface area contributed by atoms with Gasteiger partial charge in [-0.3, -0.25) is 5.32 Å². The van der Waals surface area contributed by atoms with E-state index in [0.717, 1.165) is 11.1 Å². The lowest BCUT2D eigenvalue weighted by atomic mass is 10.1. The number of hydrogen-bond donors (Lipinski definition) is 3. The summed E-state index contributed by atoms with van der Waals surface area (Å²) in [4.78, 5) is 8.21. The number of benzene rings is 1. The summed E-state index contributed by atoms with van der Waals surface area (Å²) in [6.07, 6.45) is -10.1. The van der Waals surface area contributed by atoms with E-state index in [1.165, 1.54) is 0 Å². The molecule has 11 heteroatoms. The molecule has 4 N–H and O–H groups in total. The third-order valence-electron chi connectivity index (χ3n) is 3.20. The predicted octanol–water partition coefficient (Wildman–Crippen LogP) is 2.27. The number of rotatable bonds is 2. The molecule has 1 aromatic carbocycles. The minimum Gasteiger partial charge on any atom is -0.322 e. The van der Waals surface area contributed by atoms with Gasteiger partial charge in [-0.2, -0.15) is 26.3 Å². The van der Waals surface area contributed by atoms with E-state index in [0.29, 0.717) is 5.69 Å². The standard InChI is InChI=1S/C15H13F6N5/c1-7-3-4-9(8(2)5-7)23-12(22)26-13-24-10(14(16,17)18)6-11(25-13)15(19,20)21/h3-6H,1-2H3,(H3,22,23,24,25,26)/p+1. The van der Waals surface area contributed by atoms with E-state index in [4.69, 9.17) is 5.73 Å². The average Bonchev–Trinajstić information content (AvgIpc) is 2.48. The van der Waals surface area contributed by atoms with Crippen molar-refractivity contribution in [3.8, 4) is 0 Å². The molecule has 2 aromatic rings. The Morgan fingerprint density at radius 2 is 1.50 bits per heavy atom. The van der Waals surface area contributed by atoms with Crippen molar-refractivity contribution in [1.29, 1.82) is 0 Å². The highest BCUT2D eigenvalue weighted by Gasteiger charge is 2.42. The molecule has 0 saturated heterocycles. The molecule has 1 heterocycles. The van der Waals surface area contributed by atoms with Gasteiger partial charge in [-0.1, -0.05) is 17.7 Å². The Kier molecular flexibility index (Phi) is 5.10. The van der Waals surface area contributed by atoms with Crippen LogP contribution in [0.2, 0.25) is 0 Å². The second-order valence-corrected chi connectivity index (χ2v) is 5.44. The summed E-state index contributed by atoms with van der Waals surface area (Å²) in [5.74, 6) is -1.26. The van der Waals surface area contributed by atoms with Gasteiger partial charge < -0.3 is 5.73 Å². The van der Waals surface area contributed by atoms with Crippen LogP contribution in [0.1, 0.15) is 22.5 Å². The Balaban J connectivity index is 2.41. The molecular formula is C15H14F6N5+. The largest absolute Gasteiger partial charge is 0.443 e. The molecule has 0 bridgehead atoms. The van der Waals surface area contributed by atoms with Gasteiger partial charge in [0.1, 0.15) is 0 Å². The van der Waals surface area contributed by atoms with E-state index < -0.39 is 29.7 Å². The zero-order valence-corrected chi connectivity index (χ0v) is 13.5. The number of nitrogens with one attached hydrogen (secondary N) is 2. The normalized spacial score (nSPS) is 13.0. The van der Waals surface area contributed by atoms with Crippen molar-refractivity contribution in [3.63, 3.8) is 0 Å². The first-order valence-electron chi connectivity index (χ1n) is 7.13. The number of nitrogens with two attached hydrogens (primary N) is 1. The maximum atomic E-state index is 12.8. The monoisotopic (exact) mass is 378 g/mol. The number of aromatic nitrogens is 2. The molecule has 0 aliphatic rings. The molecule has 0 atom stereocenters. The van der Waals surface area contributed by atoms with Crippen molar-refractivity contribution in [1.82, 2.24) is 9.97 Å². The number of alkyl halides is 6. The maximum absolute atomic E-state index is 12.8. The third-order valence-corrected chi connectivity index (χ3v) is 3.20. The molecule has 26 heavy (non-hydrogen) atoms. The van der Waals surface area contributed by atoms with E-state index in [1.807, 2.05) is 13.0 Å². The van der Waals surface area contributed by atoms with Crippen LogP contribution in [0, 0.1) is 13.8 Å². The van der Waals surface area contributed by atoms with Crippen LogP contribution in [0.3, 0.4) is 0 Å². The van der Waals surface area contributed by atoms with Gasteiger partial charge in [-0.25, -0.2) is 4.99 Å². The Bertz CT molecular complexity index is 809. The predicted molar refractivity (Wildman–Crippen MR) is 81.4 cm³/mol. The lowest BCUT2D eigenvalue weighted by Crippen LogP contribution is -2.72. The van der Waals surface area contributed by atoms with Crippen LogP contribution in [0.15, 0.2) is 24.3 Å². The first-order chi connectivity index (χ1) is 11.9. The second kappa shape index (κ2) is 6.81. The Morgan fingerprint density at radius 1 is 0.962 bits per heavy atom. The molecule has 0 saturated carbocycles. The minimum absolute atomic E-state index is 0.168. The first kappa shape index (κ1) is 19.5. The van der Waals surface area contributed by atoms with Gasteiger partial charge in [-0.05, 0) is 25.5 Å². The van der Waals surface area contributed by atoms with Gasteiger partial charge in [0.05, 0.1) is 5.69 Å². The Morgan fingerprint density at radius 3 is 1.96 bits per heavy atom. The van der Waals surface area contributed by atoms with Gasteiger partial charge in [-0.15, -0.1) is 9.97 Å². The molecule has 0 aliphatic carbocycles. The summed E-state index contributed by atoms with van der Waals surface area (Å²) >= 11 is 0. The SMILES string of the molecule is Cc1ccc(NC(N)=[NH+]c2nc(C(F)(F)F)cc(C(F)(F)F)n2)c(C)c1. The molecule has 0 unspecified atom stereocenters. The van der Waals surface area contributed by atoms with Gasteiger partial charge in [0.2, 0.25) is 0 Å². The fourth-order valence-corrected chi connectivity index (χ4v) is 2.04. The van der Waals surface area contributed by atoms with Gasteiger partial charge in [0, 0.05) is 6.07 Å². The summed E-state index contributed by atoms with van der Waals surface area (Å²) in [5.41, 5.74) is 4.40. The first-order valence-corrected chi connectivity index (χ1v) is 7.13. The molecule has 0 fully saturated rings. The smallest absolute Gasteiger partial charge is 0.322 e. The minimum atomic E-state index is -5.07. The van der Waals surface area contributed by atoms with Crippen LogP contribution in [0.25, 0.3) is 0 Å². The van der Waals surface area contributed by atoms with Crippen molar-refractivity contribution >= 4 is 17.6 Å². The molecule has 2 rings (SSSR count). The summed E-state index contributed by atoms with van der Waals surface area (Å²) < 4.78 is 76.6. The number of guanidine groups is 1. The number of halogens is 6. The molecule has 0 spiro atoms. The number of aryl methyl sites for hydroxylation is 2. The van der Waals surface area contributed by atoms with Crippen LogP contribution in [-0.2, 0) is 12.4 Å². The lowest BCUT2D eigenvalue weighted by Gasteiger charge is -2.08. The van der Waals surface area contributed by atoms with Crippen molar-refractivity contribution in [2.24, 2.45) is 5.73 Å². The molecular weight excluding hydrogens is 364 g/mol. The van der Waals surface area contributed by atoms with Crippen LogP contribution >= 0.6 is 0 Å². The number of nitrogens with zero attached hydrogens (tertiary/aromatic N) is 2. The molecule has 0 radical (unpaired) electrons. The quantitative estimate of drug-likeness (QED) is 0.426. The van der Waals surface area contributed by atoms with E-state index in [9.17, 15) is 26.3 Å². The van der Waals surface area contributed by atoms with E-state index in [1.54, 1.807) is 19.1 Å². The topological polar surface area (TPSA) is 77.8 Å². The van der Waals surface area contributed by atoms with Crippen molar-refractivity contribution in [3.05, 3.63) is 46.8 Å². The summed E-state index contributed by atoms with van der Waals surface area (Å²) in [5, 5.41) is 2.64. The fraction of sp³-hybridized carbons (Fsp3) is 0.267. The molecule has 5 nitrogen and oxygen atoms in total. The van der Waals surface area contributed by atoms with Crippen molar-refractivity contribution < 1.29 is 31.3 Å². The molecule has 0 aliphatic heterocycles. The maximum Gasteiger partial charge on any atom is 0.443 e. The van der Waals surface area contributed by atoms with Gasteiger partial charge in [0.15, 0.2) is 11.4 Å². The summed E-state index contributed by atoms with van der Waals surface area (Å²) in [6, 6.07) is 5.07. The second-order valence-electron chi connectivity index (χ2n) is 5.44. The lowest BCUT2D eigenvalue weighted by molar-refractivity contribution is -0.366. The van der Waals surface area contributed by atoms with Crippen molar-refractivity contribution in [2.45, 2.75) is 26.2 Å². The average molecular weight is 378 g/mol. The highest BCUT2D eigenvalue weighted by atomic mass is 19.4. The number of anilines is 1. The highest BCUT2D eigenvalue weighted by molar-refractivity contribution is 5.89. The van der Waals surface area contributed by atoms with Gasteiger partial charge >= 0.3 is 18.3 Å². The highest BCUT2D eigenvalue weighted by Crippen LogP contribution is 2.33. The summed E-state index contributed by atoms with van der Waals surface area (Å²) in [6.45, 7) is 3.61. The fourth-order valence-electron chi connectivity index (χ4n) is 2.04. The zero-order valence-electron chi connectivity index (χ0n) is 13.5. The zero-order chi connectivity index (χ0) is 19.7. The van der Waals surface area contributed by atoms with Crippen LogP contribution in [0.5, 0.6) is 0 Å². The van der Waals surface area contributed by atoms with Crippen molar-refractivity contribution in [2.75, 3.05) is 5.32 Å². The van der Waals surface area contributed by atoms with E-state index >= 15 is 0 Å². The Hall–Kier alpha value is -2.85. The number of hydrogen-bond acceptors (Lipinski definition) is 2. The molecule has 1 aromatic heterocycles. The van der Waals surface area contributed by atoms with Crippen LogP contribution < -0.4 is 16.0 Å². The Labute approximate surface area is 144 Å². The molecule has 0 amide bonds. The third kappa shape index (κ3) is 4.83.